The number of benzene rings is 11. The van der Waals surface area contributed by atoms with Crippen molar-refractivity contribution in [3.05, 3.63) is 294 Å². The summed E-state index contributed by atoms with van der Waals surface area (Å²) >= 11 is 0. The minimum Gasteiger partial charge on any atom is -0.310 e. The molecule has 13 rings (SSSR count). The normalized spacial score (nSPS) is 16.4. The van der Waals surface area contributed by atoms with Gasteiger partial charge in [-0.3, -0.25) is 0 Å². The number of anilines is 3. The van der Waals surface area contributed by atoms with Crippen molar-refractivity contribution < 1.29 is 0 Å². The zero-order valence-electron chi connectivity index (χ0n) is 38.8. The van der Waals surface area contributed by atoms with Crippen molar-refractivity contribution in [3.63, 3.8) is 0 Å². The Balaban J connectivity index is 0.951. The molecule has 0 saturated heterocycles. The molecule has 1 nitrogen and oxygen atoms in total. The van der Waals surface area contributed by atoms with Gasteiger partial charge in [-0.05, 0) is 157 Å². The summed E-state index contributed by atoms with van der Waals surface area (Å²) < 4.78 is 0. The highest BCUT2D eigenvalue weighted by Gasteiger charge is 2.42. The fourth-order valence-electron chi connectivity index (χ4n) is 11.8. The molecule has 69 heavy (non-hydrogen) atoms. The number of para-hydroxylation sites is 1. The molecular formula is C68H49N. The topological polar surface area (TPSA) is 3.24 Å². The fraction of sp³-hybridized carbons (Fsp3) is 0.0588. The monoisotopic (exact) mass is 879 g/mol. The summed E-state index contributed by atoms with van der Waals surface area (Å²) in [6.45, 7) is 4.79. The average Bonchev–Trinajstić information content (AvgIpc) is 3.84. The van der Waals surface area contributed by atoms with Gasteiger partial charge in [0, 0.05) is 27.8 Å². The lowest BCUT2D eigenvalue weighted by Gasteiger charge is -2.30. The van der Waals surface area contributed by atoms with Crippen LogP contribution in [-0.4, -0.2) is 0 Å². The summed E-state index contributed by atoms with van der Waals surface area (Å²) in [5.41, 5.74) is 23.1. The minimum atomic E-state index is -0.305. The molecule has 0 bridgehead atoms. The van der Waals surface area contributed by atoms with E-state index in [-0.39, 0.29) is 10.8 Å². The van der Waals surface area contributed by atoms with E-state index < -0.39 is 0 Å². The third kappa shape index (κ3) is 6.46. The lowest BCUT2D eigenvalue weighted by atomic mass is 9.74. The largest absolute Gasteiger partial charge is 0.310 e. The molecule has 11 aromatic carbocycles. The van der Waals surface area contributed by atoms with Gasteiger partial charge in [-0.25, -0.2) is 0 Å². The van der Waals surface area contributed by atoms with Gasteiger partial charge < -0.3 is 4.90 Å². The van der Waals surface area contributed by atoms with Crippen molar-refractivity contribution in [2.45, 2.75) is 24.7 Å². The van der Waals surface area contributed by atoms with E-state index in [0.29, 0.717) is 0 Å². The highest BCUT2D eigenvalue weighted by molar-refractivity contribution is 5.94. The molecule has 0 spiro atoms. The van der Waals surface area contributed by atoms with E-state index in [1.165, 1.54) is 99.8 Å². The molecule has 0 amide bonds. The number of nitrogens with zero attached hydrogens (tertiary/aromatic N) is 1. The van der Waals surface area contributed by atoms with Crippen LogP contribution in [0.2, 0.25) is 0 Å². The summed E-state index contributed by atoms with van der Waals surface area (Å²) in [7, 11) is 0. The van der Waals surface area contributed by atoms with E-state index in [1.54, 1.807) is 0 Å². The summed E-state index contributed by atoms with van der Waals surface area (Å²) in [6, 6.07) is 96.7. The zero-order chi connectivity index (χ0) is 46.1. The van der Waals surface area contributed by atoms with Gasteiger partial charge in [0.15, 0.2) is 0 Å². The lowest BCUT2D eigenvalue weighted by Crippen LogP contribution is -2.22. The van der Waals surface area contributed by atoms with E-state index in [0.717, 1.165) is 17.1 Å². The first-order chi connectivity index (χ1) is 34.0. The molecular weight excluding hydrogens is 831 g/mol. The highest BCUT2D eigenvalue weighted by atomic mass is 15.1. The van der Waals surface area contributed by atoms with Gasteiger partial charge in [-0.2, -0.15) is 0 Å². The van der Waals surface area contributed by atoms with Crippen molar-refractivity contribution in [1.82, 2.24) is 0 Å². The van der Waals surface area contributed by atoms with Crippen LogP contribution in [0.3, 0.4) is 0 Å². The van der Waals surface area contributed by atoms with E-state index in [9.17, 15) is 0 Å². The van der Waals surface area contributed by atoms with Gasteiger partial charge in [-0.1, -0.05) is 212 Å². The van der Waals surface area contributed by atoms with Gasteiger partial charge in [-0.15, -0.1) is 0 Å². The van der Waals surface area contributed by atoms with Crippen molar-refractivity contribution in [2.75, 3.05) is 4.90 Å². The van der Waals surface area contributed by atoms with E-state index in [2.05, 4.69) is 280 Å². The molecule has 326 valence electrons. The summed E-state index contributed by atoms with van der Waals surface area (Å²) in [5.74, 6) is 0. The molecule has 0 aromatic heterocycles. The van der Waals surface area contributed by atoms with Crippen LogP contribution in [0.15, 0.2) is 261 Å². The van der Waals surface area contributed by atoms with Gasteiger partial charge in [0.05, 0.1) is 5.69 Å². The van der Waals surface area contributed by atoms with Crippen LogP contribution in [0, 0.1) is 0 Å². The van der Waals surface area contributed by atoms with Gasteiger partial charge in [0.1, 0.15) is 0 Å². The minimum absolute atomic E-state index is 0.265. The Bertz CT molecular complexity index is 3760. The van der Waals surface area contributed by atoms with E-state index in [1.807, 2.05) is 0 Å². The second kappa shape index (κ2) is 16.1. The predicted octanol–water partition coefficient (Wildman–Crippen LogP) is 18.0. The Morgan fingerprint density at radius 1 is 0.261 bits per heavy atom. The number of hydrogen-bond donors (Lipinski definition) is 0. The van der Waals surface area contributed by atoms with E-state index in [4.69, 9.17) is 0 Å². The van der Waals surface area contributed by atoms with Crippen LogP contribution in [0.1, 0.15) is 47.2 Å². The Hall–Kier alpha value is -8.52. The van der Waals surface area contributed by atoms with Crippen LogP contribution >= 0.6 is 0 Å². The number of hydrogen-bond acceptors (Lipinski definition) is 1. The molecule has 11 aromatic rings. The highest BCUT2D eigenvalue weighted by Crippen LogP contribution is 2.55. The standard InChI is InChI=1S/C68H49N/c1-67(53-21-5-3-6-22-53)62-29-14-11-27-58(62)60-40-36-51(44-64(60)67)47-34-38-55(39-35-47)69(56-25-17-20-49(43-56)50-33-32-46-18-9-10-19-48(46)42-50)66-31-16-13-26-57(66)52-37-41-61-59-28-12-15-30-63(59)68(2,65(61)45-52)54-23-7-4-8-24-54/h3-45H,1-2H3. The number of rotatable bonds is 8. The molecule has 2 aliphatic carbocycles. The zero-order valence-corrected chi connectivity index (χ0v) is 38.8. The fourth-order valence-corrected chi connectivity index (χ4v) is 11.8. The maximum Gasteiger partial charge on any atom is 0.0540 e. The SMILES string of the molecule is CC1(c2ccccc2)c2ccccc2-c2ccc(-c3ccc(N(c4cccc(-c5ccc6ccccc6c5)c4)c4ccccc4-c4ccc5c(c4)C(C)(c4ccccc4)c4ccccc4-5)cc3)cc21. The van der Waals surface area contributed by atoms with Crippen molar-refractivity contribution in [3.8, 4) is 55.6 Å². The van der Waals surface area contributed by atoms with Gasteiger partial charge >= 0.3 is 0 Å². The Kier molecular flexibility index (Phi) is 9.49. The second-order valence-corrected chi connectivity index (χ2v) is 19.1. The molecule has 0 aliphatic heterocycles. The molecule has 0 saturated carbocycles. The first kappa shape index (κ1) is 40.7. The Labute approximate surface area is 405 Å². The maximum absolute atomic E-state index is 2.46. The third-order valence-electron chi connectivity index (χ3n) is 15.4. The molecule has 1 heteroatoms. The van der Waals surface area contributed by atoms with Crippen molar-refractivity contribution in [2.24, 2.45) is 0 Å². The molecule has 0 heterocycles. The van der Waals surface area contributed by atoms with Gasteiger partial charge in [0.25, 0.3) is 0 Å². The second-order valence-electron chi connectivity index (χ2n) is 19.1. The molecule has 0 radical (unpaired) electrons. The lowest BCUT2D eigenvalue weighted by molar-refractivity contribution is 0.714. The summed E-state index contributed by atoms with van der Waals surface area (Å²) in [4.78, 5) is 2.45. The average molecular weight is 880 g/mol. The van der Waals surface area contributed by atoms with Crippen LogP contribution < -0.4 is 4.90 Å². The number of fused-ring (bicyclic) bond motifs is 7. The summed E-state index contributed by atoms with van der Waals surface area (Å²) in [5, 5.41) is 2.48. The quantitative estimate of drug-likeness (QED) is 0.147. The van der Waals surface area contributed by atoms with Crippen LogP contribution in [0.5, 0.6) is 0 Å². The van der Waals surface area contributed by atoms with E-state index >= 15 is 0 Å². The maximum atomic E-state index is 2.46. The first-order valence-corrected chi connectivity index (χ1v) is 24.2. The van der Waals surface area contributed by atoms with Crippen LogP contribution in [0.4, 0.5) is 17.1 Å². The van der Waals surface area contributed by atoms with Crippen LogP contribution in [0.25, 0.3) is 66.4 Å². The smallest absolute Gasteiger partial charge is 0.0540 e. The molecule has 0 N–H and O–H groups in total. The third-order valence-corrected chi connectivity index (χ3v) is 15.4. The first-order valence-electron chi connectivity index (χ1n) is 24.2. The van der Waals surface area contributed by atoms with Crippen molar-refractivity contribution in [1.29, 1.82) is 0 Å². The van der Waals surface area contributed by atoms with Crippen LogP contribution in [-0.2, 0) is 10.8 Å². The Morgan fingerprint density at radius 3 is 1.38 bits per heavy atom. The summed E-state index contributed by atoms with van der Waals surface area (Å²) in [6.07, 6.45) is 0. The molecule has 2 aliphatic rings. The van der Waals surface area contributed by atoms with Gasteiger partial charge in [0.2, 0.25) is 0 Å². The molecule has 2 atom stereocenters. The molecule has 2 unspecified atom stereocenters. The Morgan fingerprint density at radius 2 is 0.725 bits per heavy atom. The predicted molar refractivity (Wildman–Crippen MR) is 290 cm³/mol. The van der Waals surface area contributed by atoms with Crippen molar-refractivity contribution >= 4 is 27.8 Å². The molecule has 0 fully saturated rings.